The molecule has 0 aliphatic carbocycles. The molecule has 0 radical (unpaired) electrons. The molecule has 2 atom stereocenters. The molecule has 0 bridgehead atoms. The largest absolute Gasteiger partial charge is 0.472 e. The molecule has 0 aliphatic rings. The van der Waals surface area contributed by atoms with Crippen LogP contribution >= 0.6 is 7.82 Å². The number of likely N-dealkylation sites (N-methyl/N-ethyl adjacent to an activating group) is 1. The van der Waals surface area contributed by atoms with E-state index in [9.17, 15) is 19.0 Å². The van der Waals surface area contributed by atoms with E-state index < -0.39 is 32.5 Å². The van der Waals surface area contributed by atoms with Crippen LogP contribution in [0.5, 0.6) is 0 Å². The molecular formula is C60H97NO8P+. The number of rotatable bonds is 46. The summed E-state index contributed by atoms with van der Waals surface area (Å²) < 4.78 is 34.4. The fraction of sp³-hybridized carbons (Fsp3) is 0.567. The first kappa shape index (κ1) is 65.9. The molecule has 0 aliphatic heterocycles. The lowest BCUT2D eigenvalue weighted by atomic mass is 10.1. The van der Waals surface area contributed by atoms with Crippen molar-refractivity contribution in [3.63, 3.8) is 0 Å². The van der Waals surface area contributed by atoms with Crippen molar-refractivity contribution >= 4 is 19.8 Å². The third-order valence-corrected chi connectivity index (χ3v) is 11.3. The fourth-order valence-electron chi connectivity index (χ4n) is 6.31. The van der Waals surface area contributed by atoms with Crippen molar-refractivity contribution in [1.82, 2.24) is 0 Å². The average Bonchev–Trinajstić information content (AvgIpc) is 3.32. The van der Waals surface area contributed by atoms with E-state index in [2.05, 4.69) is 160 Å². The zero-order valence-electron chi connectivity index (χ0n) is 44.4. The molecule has 0 saturated heterocycles. The van der Waals surface area contributed by atoms with E-state index in [0.29, 0.717) is 23.9 Å². The molecule has 0 amide bonds. The molecule has 0 rings (SSSR count). The second-order valence-corrected chi connectivity index (χ2v) is 19.6. The van der Waals surface area contributed by atoms with Crippen LogP contribution in [0.2, 0.25) is 0 Å². The monoisotopic (exact) mass is 991 g/mol. The molecule has 70 heavy (non-hydrogen) atoms. The summed E-state index contributed by atoms with van der Waals surface area (Å²) in [6.07, 6.45) is 73.3. The molecule has 2 unspecified atom stereocenters. The molecule has 1 N–H and O–H groups in total. The molecule has 9 nitrogen and oxygen atoms in total. The molecule has 0 heterocycles. The lowest BCUT2D eigenvalue weighted by Gasteiger charge is -2.24. The van der Waals surface area contributed by atoms with Gasteiger partial charge in [-0.3, -0.25) is 18.6 Å². The van der Waals surface area contributed by atoms with Crippen molar-refractivity contribution in [2.75, 3.05) is 47.5 Å². The Morgan fingerprint density at radius 1 is 0.443 bits per heavy atom. The average molecular weight is 991 g/mol. The number of phosphoric ester groups is 1. The van der Waals surface area contributed by atoms with Gasteiger partial charge in [-0.2, -0.15) is 0 Å². The fourth-order valence-corrected chi connectivity index (χ4v) is 7.05. The van der Waals surface area contributed by atoms with E-state index in [1.54, 1.807) is 0 Å². The van der Waals surface area contributed by atoms with Crippen LogP contribution in [0.25, 0.3) is 0 Å². The van der Waals surface area contributed by atoms with Gasteiger partial charge in [0.25, 0.3) is 0 Å². The highest BCUT2D eigenvalue weighted by molar-refractivity contribution is 7.47. The number of allylic oxidation sites excluding steroid dienone is 24. The number of nitrogens with zero attached hydrogens (tertiary/aromatic N) is 1. The first-order valence-electron chi connectivity index (χ1n) is 26.6. The van der Waals surface area contributed by atoms with Gasteiger partial charge in [0.15, 0.2) is 6.10 Å². The van der Waals surface area contributed by atoms with E-state index >= 15 is 0 Å². The second kappa shape index (κ2) is 49.9. The lowest BCUT2D eigenvalue weighted by Crippen LogP contribution is -2.37. The lowest BCUT2D eigenvalue weighted by molar-refractivity contribution is -0.870. The highest BCUT2D eigenvalue weighted by atomic mass is 31.2. The number of hydrogen-bond donors (Lipinski definition) is 1. The molecule has 0 aromatic rings. The maximum absolute atomic E-state index is 12.8. The number of hydrogen-bond acceptors (Lipinski definition) is 7. The zero-order valence-corrected chi connectivity index (χ0v) is 45.3. The highest BCUT2D eigenvalue weighted by Gasteiger charge is 2.27. The normalized spacial score (nSPS) is 14.5. The van der Waals surface area contributed by atoms with Crippen molar-refractivity contribution in [2.45, 2.75) is 174 Å². The highest BCUT2D eigenvalue weighted by Crippen LogP contribution is 2.43. The minimum Gasteiger partial charge on any atom is -0.462 e. The number of unbranched alkanes of at least 4 members (excludes halogenated alkanes) is 8. The van der Waals surface area contributed by atoms with Crippen molar-refractivity contribution in [2.24, 2.45) is 0 Å². The van der Waals surface area contributed by atoms with Crippen LogP contribution < -0.4 is 0 Å². The molecular weight excluding hydrogens is 894 g/mol. The maximum atomic E-state index is 12.8. The molecule has 10 heteroatoms. The number of quaternary nitrogens is 1. The van der Waals surface area contributed by atoms with E-state index in [4.69, 9.17) is 18.5 Å². The molecule has 0 aromatic carbocycles. The smallest absolute Gasteiger partial charge is 0.462 e. The van der Waals surface area contributed by atoms with Gasteiger partial charge in [-0.25, -0.2) is 4.57 Å². The minimum absolute atomic E-state index is 0.0126. The summed E-state index contributed by atoms with van der Waals surface area (Å²) in [5.41, 5.74) is 0. The second-order valence-electron chi connectivity index (χ2n) is 18.1. The van der Waals surface area contributed by atoms with Crippen LogP contribution in [0.3, 0.4) is 0 Å². The van der Waals surface area contributed by atoms with Gasteiger partial charge in [-0.1, -0.05) is 185 Å². The standard InChI is InChI=1S/C60H96NO8P/c1-6-8-10-12-14-16-18-20-22-24-25-26-27-28-29-30-31-32-33-34-35-37-39-41-43-45-47-49-51-53-60(63)69-58(57-68-70(64,65)67-55-54-61(3,4)5)56-66-59(62)52-50-48-46-44-42-40-38-36-23-21-19-17-15-13-11-9-7-2/h8-11,14-17,20-23,25-26,28-29,31-32,34-35,38-41,58H,6-7,12-13,18-19,24,27,30,33,36-37,42-57H2,1-5H3/p+1/b10-8-,11-9-,16-14-,17-15-,22-20-,23-21-,26-25-,29-28-,32-31-,35-34-,40-38-,41-39-. The Balaban J connectivity index is 4.36. The molecule has 0 fully saturated rings. The Morgan fingerprint density at radius 3 is 1.13 bits per heavy atom. The predicted molar refractivity (Wildman–Crippen MR) is 297 cm³/mol. The number of carbonyl (C=O) groups excluding carboxylic acids is 2. The van der Waals surface area contributed by atoms with Crippen LogP contribution in [0.15, 0.2) is 146 Å². The summed E-state index contributed by atoms with van der Waals surface area (Å²) in [6, 6.07) is 0. The van der Waals surface area contributed by atoms with Gasteiger partial charge < -0.3 is 18.9 Å². The minimum atomic E-state index is -4.41. The first-order valence-corrected chi connectivity index (χ1v) is 28.1. The van der Waals surface area contributed by atoms with E-state index in [-0.39, 0.29) is 26.1 Å². The van der Waals surface area contributed by atoms with Crippen LogP contribution in [-0.4, -0.2) is 74.9 Å². The summed E-state index contributed by atoms with van der Waals surface area (Å²) in [5.74, 6) is -0.871. The van der Waals surface area contributed by atoms with Gasteiger partial charge in [-0.05, 0) is 116 Å². The van der Waals surface area contributed by atoms with Gasteiger partial charge >= 0.3 is 19.8 Å². The summed E-state index contributed by atoms with van der Waals surface area (Å²) in [4.78, 5) is 35.6. The molecule has 0 saturated carbocycles. The van der Waals surface area contributed by atoms with Crippen molar-refractivity contribution in [3.05, 3.63) is 146 Å². The quantitative estimate of drug-likeness (QED) is 0.0211. The Hall–Kier alpha value is -4.11. The van der Waals surface area contributed by atoms with Gasteiger partial charge in [0.2, 0.25) is 0 Å². The van der Waals surface area contributed by atoms with Crippen molar-refractivity contribution < 1.29 is 42.1 Å². The van der Waals surface area contributed by atoms with Crippen LogP contribution in [0.4, 0.5) is 0 Å². The van der Waals surface area contributed by atoms with Crippen LogP contribution in [0, 0.1) is 0 Å². The maximum Gasteiger partial charge on any atom is 0.472 e. The summed E-state index contributed by atoms with van der Waals surface area (Å²) in [7, 11) is 1.42. The Morgan fingerprint density at radius 2 is 0.771 bits per heavy atom. The van der Waals surface area contributed by atoms with Gasteiger partial charge in [-0.15, -0.1) is 0 Å². The summed E-state index contributed by atoms with van der Waals surface area (Å²) in [6.45, 7) is 4.11. The molecule has 394 valence electrons. The van der Waals surface area contributed by atoms with E-state index in [0.717, 1.165) is 128 Å². The van der Waals surface area contributed by atoms with Gasteiger partial charge in [0.05, 0.1) is 27.7 Å². The number of ether oxygens (including phenoxy) is 2. The summed E-state index contributed by atoms with van der Waals surface area (Å²) >= 11 is 0. The molecule has 0 aromatic heterocycles. The van der Waals surface area contributed by atoms with Gasteiger partial charge in [0.1, 0.15) is 19.8 Å². The number of esters is 2. The Kier molecular flexibility index (Phi) is 46.9. The first-order chi connectivity index (χ1) is 34.0. The Bertz CT molecular complexity index is 1690. The number of phosphoric acid groups is 1. The van der Waals surface area contributed by atoms with E-state index in [1.807, 2.05) is 21.1 Å². The third-order valence-electron chi connectivity index (χ3n) is 10.4. The number of carbonyl (C=O) groups is 2. The molecule has 0 spiro atoms. The summed E-state index contributed by atoms with van der Waals surface area (Å²) in [5, 5.41) is 0. The predicted octanol–water partition coefficient (Wildman–Crippen LogP) is 16.4. The Labute approximate surface area is 427 Å². The van der Waals surface area contributed by atoms with Gasteiger partial charge in [0, 0.05) is 12.8 Å². The van der Waals surface area contributed by atoms with Crippen LogP contribution in [0.1, 0.15) is 168 Å². The van der Waals surface area contributed by atoms with Crippen molar-refractivity contribution in [3.8, 4) is 0 Å². The SMILES string of the molecule is CC/C=C\C/C=C\C/C=C\C/C=C\C/C=C\C/C=C\C/C=C\C/C=C\CCCCCCC(=O)OC(COC(=O)CCCCCC/C=C\C/C=C\C/C=C\C/C=C\CC)COP(=O)(O)OCC[N+](C)(C)C. The van der Waals surface area contributed by atoms with Crippen molar-refractivity contribution in [1.29, 1.82) is 0 Å². The third kappa shape index (κ3) is 53.2. The van der Waals surface area contributed by atoms with E-state index in [1.165, 1.54) is 0 Å². The zero-order chi connectivity index (χ0) is 51.3. The topological polar surface area (TPSA) is 108 Å². The van der Waals surface area contributed by atoms with Crippen LogP contribution in [-0.2, 0) is 32.7 Å².